The quantitative estimate of drug-likeness (QED) is 0.192. The maximum Gasteiger partial charge on any atom is 0.300 e. The molecule has 3 aromatic rings. The summed E-state index contributed by atoms with van der Waals surface area (Å²) in [7, 11) is 1.53. The van der Waals surface area contributed by atoms with Crippen molar-refractivity contribution >= 4 is 28.8 Å². The number of aliphatic hydroxyl groups is 1. The van der Waals surface area contributed by atoms with Crippen molar-refractivity contribution < 1.29 is 24.4 Å². The molecule has 1 unspecified atom stereocenters. The van der Waals surface area contributed by atoms with Crippen molar-refractivity contribution in [2.24, 2.45) is 0 Å². The predicted molar refractivity (Wildman–Crippen MR) is 127 cm³/mol. The number of hydrogen-bond acceptors (Lipinski definition) is 6. The van der Waals surface area contributed by atoms with Gasteiger partial charge in [0, 0.05) is 23.4 Å². The SMILES string of the molecule is COc1ccc(C2/C(=C(\O)c3ccc([N+](=O)[O-])cc3)C(=O)C(=O)N2c2cccc(C)c2C)cc1. The third-order valence-electron chi connectivity index (χ3n) is 6.06. The summed E-state index contributed by atoms with van der Waals surface area (Å²) < 4.78 is 5.23. The minimum absolute atomic E-state index is 0.0927. The Labute approximate surface area is 195 Å². The molecule has 1 saturated heterocycles. The Morgan fingerprint density at radius 1 is 1.00 bits per heavy atom. The van der Waals surface area contributed by atoms with Crippen LogP contribution in [-0.2, 0) is 9.59 Å². The van der Waals surface area contributed by atoms with Crippen molar-refractivity contribution in [3.05, 3.63) is 105 Å². The zero-order valence-corrected chi connectivity index (χ0v) is 18.8. The molecule has 0 aliphatic carbocycles. The second-order valence-electron chi connectivity index (χ2n) is 7.97. The van der Waals surface area contributed by atoms with E-state index in [2.05, 4.69) is 0 Å². The van der Waals surface area contributed by atoms with Gasteiger partial charge in [-0.3, -0.25) is 24.6 Å². The zero-order chi connectivity index (χ0) is 24.6. The van der Waals surface area contributed by atoms with E-state index < -0.39 is 28.4 Å². The summed E-state index contributed by atoms with van der Waals surface area (Å²) in [6.07, 6.45) is 0. The first-order valence-electron chi connectivity index (χ1n) is 10.5. The third kappa shape index (κ3) is 3.79. The summed E-state index contributed by atoms with van der Waals surface area (Å²) in [6.45, 7) is 3.78. The van der Waals surface area contributed by atoms with Gasteiger partial charge in [-0.15, -0.1) is 0 Å². The zero-order valence-electron chi connectivity index (χ0n) is 18.8. The van der Waals surface area contributed by atoms with Crippen LogP contribution in [0.15, 0.2) is 72.3 Å². The highest BCUT2D eigenvalue weighted by atomic mass is 16.6. The number of carbonyl (C=O) groups is 2. The van der Waals surface area contributed by atoms with E-state index in [0.29, 0.717) is 17.0 Å². The summed E-state index contributed by atoms with van der Waals surface area (Å²) in [5.41, 5.74) is 2.89. The van der Waals surface area contributed by atoms with Crippen molar-refractivity contribution in [1.82, 2.24) is 0 Å². The van der Waals surface area contributed by atoms with Crippen LogP contribution in [0, 0.1) is 24.0 Å². The average Bonchev–Trinajstić information content (AvgIpc) is 3.10. The van der Waals surface area contributed by atoms with Gasteiger partial charge in [0.05, 0.1) is 23.6 Å². The van der Waals surface area contributed by atoms with Crippen LogP contribution in [0.2, 0.25) is 0 Å². The Balaban J connectivity index is 1.94. The number of methoxy groups -OCH3 is 1. The highest BCUT2D eigenvalue weighted by Crippen LogP contribution is 2.43. The van der Waals surface area contributed by atoms with Crippen molar-refractivity contribution in [3.8, 4) is 5.75 Å². The van der Waals surface area contributed by atoms with Gasteiger partial charge >= 0.3 is 0 Å². The van der Waals surface area contributed by atoms with Crippen LogP contribution >= 0.6 is 0 Å². The van der Waals surface area contributed by atoms with E-state index in [1.165, 1.54) is 36.3 Å². The molecule has 0 radical (unpaired) electrons. The summed E-state index contributed by atoms with van der Waals surface area (Å²) >= 11 is 0. The van der Waals surface area contributed by atoms with Crippen molar-refractivity contribution in [3.63, 3.8) is 0 Å². The van der Waals surface area contributed by atoms with Crippen LogP contribution in [0.4, 0.5) is 11.4 Å². The van der Waals surface area contributed by atoms with E-state index in [1.54, 1.807) is 36.4 Å². The normalized spacial score (nSPS) is 17.1. The molecule has 0 saturated carbocycles. The van der Waals surface area contributed by atoms with Gasteiger partial charge in [0.2, 0.25) is 0 Å². The number of carbonyl (C=O) groups excluding carboxylic acids is 2. The number of ether oxygens (including phenoxy) is 1. The minimum Gasteiger partial charge on any atom is -0.507 e. The molecule has 1 heterocycles. The minimum atomic E-state index is -0.901. The van der Waals surface area contributed by atoms with Gasteiger partial charge in [0.25, 0.3) is 17.4 Å². The molecule has 4 rings (SSSR count). The van der Waals surface area contributed by atoms with Crippen LogP contribution in [0.5, 0.6) is 5.75 Å². The number of hydrogen-bond donors (Lipinski definition) is 1. The topological polar surface area (TPSA) is 110 Å². The van der Waals surface area contributed by atoms with E-state index in [9.17, 15) is 24.8 Å². The number of benzene rings is 3. The Kier molecular flexibility index (Phi) is 5.89. The monoisotopic (exact) mass is 458 g/mol. The highest BCUT2D eigenvalue weighted by Gasteiger charge is 2.47. The van der Waals surface area contributed by atoms with E-state index in [0.717, 1.165) is 11.1 Å². The fourth-order valence-corrected chi connectivity index (χ4v) is 4.08. The number of nitro groups is 1. The van der Waals surface area contributed by atoms with Crippen LogP contribution in [0.25, 0.3) is 5.76 Å². The van der Waals surface area contributed by atoms with Crippen LogP contribution < -0.4 is 9.64 Å². The van der Waals surface area contributed by atoms with E-state index >= 15 is 0 Å². The van der Waals surface area contributed by atoms with E-state index in [-0.39, 0.29) is 16.8 Å². The number of nitro benzene ring substituents is 1. The molecule has 1 aliphatic heterocycles. The summed E-state index contributed by atoms with van der Waals surface area (Å²) in [4.78, 5) is 38.4. The number of Topliss-reactive ketones (excluding diaryl/α,β-unsaturated/α-hetero) is 1. The number of nitrogens with zero attached hydrogens (tertiary/aromatic N) is 2. The maximum absolute atomic E-state index is 13.3. The number of aliphatic hydroxyl groups excluding tert-OH is 1. The van der Waals surface area contributed by atoms with Crippen LogP contribution in [0.3, 0.4) is 0 Å². The first-order chi connectivity index (χ1) is 16.2. The molecule has 8 heteroatoms. The van der Waals surface area contributed by atoms with Crippen molar-refractivity contribution in [2.45, 2.75) is 19.9 Å². The molecule has 0 aromatic heterocycles. The lowest BCUT2D eigenvalue weighted by molar-refractivity contribution is -0.384. The Morgan fingerprint density at radius 3 is 2.24 bits per heavy atom. The molecule has 1 aliphatic rings. The second kappa shape index (κ2) is 8.82. The largest absolute Gasteiger partial charge is 0.507 e. The standard InChI is InChI=1S/C26H22N2O6/c1-15-5-4-6-21(16(15)2)27-23(17-9-13-20(34-3)14-10-17)22(25(30)26(27)31)24(29)18-7-11-19(12-8-18)28(32)33/h4-14,23,29H,1-3H3/b24-22+. The fraction of sp³-hybridized carbons (Fsp3) is 0.154. The first-order valence-corrected chi connectivity index (χ1v) is 10.5. The van der Waals surface area contributed by atoms with Gasteiger partial charge in [0.1, 0.15) is 11.5 Å². The summed E-state index contributed by atoms with van der Waals surface area (Å²) in [6, 6.07) is 16.6. The molecule has 0 bridgehead atoms. The maximum atomic E-state index is 13.3. The molecule has 34 heavy (non-hydrogen) atoms. The van der Waals surface area contributed by atoms with Crippen molar-refractivity contribution in [2.75, 3.05) is 12.0 Å². The van der Waals surface area contributed by atoms with Gasteiger partial charge in [-0.1, -0.05) is 24.3 Å². The van der Waals surface area contributed by atoms with Gasteiger partial charge in [-0.25, -0.2) is 0 Å². The molecule has 1 fully saturated rings. The second-order valence-corrected chi connectivity index (χ2v) is 7.97. The average molecular weight is 458 g/mol. The molecule has 8 nitrogen and oxygen atoms in total. The first kappa shape index (κ1) is 22.7. The molecule has 1 atom stereocenters. The van der Waals surface area contributed by atoms with Crippen LogP contribution in [-0.4, -0.2) is 28.8 Å². The van der Waals surface area contributed by atoms with Gasteiger partial charge in [0.15, 0.2) is 0 Å². The number of rotatable bonds is 5. The summed E-state index contributed by atoms with van der Waals surface area (Å²) in [5, 5.41) is 22.1. The summed E-state index contributed by atoms with van der Waals surface area (Å²) in [5.74, 6) is -1.40. The molecule has 172 valence electrons. The third-order valence-corrected chi connectivity index (χ3v) is 6.06. The van der Waals surface area contributed by atoms with Crippen LogP contribution in [0.1, 0.15) is 28.3 Å². The predicted octanol–water partition coefficient (Wildman–Crippen LogP) is 4.85. The van der Waals surface area contributed by atoms with E-state index in [1.807, 2.05) is 19.9 Å². The lowest BCUT2D eigenvalue weighted by atomic mass is 9.94. The molecule has 1 N–H and O–H groups in total. The Morgan fingerprint density at radius 2 is 1.65 bits per heavy atom. The fourth-order valence-electron chi connectivity index (χ4n) is 4.08. The molecular weight excluding hydrogens is 436 g/mol. The molecule has 0 spiro atoms. The molecule has 3 aromatic carbocycles. The van der Waals surface area contributed by atoms with E-state index in [4.69, 9.17) is 4.74 Å². The van der Waals surface area contributed by atoms with Gasteiger partial charge in [-0.05, 0) is 60.9 Å². The number of aryl methyl sites for hydroxylation is 1. The number of amides is 1. The van der Waals surface area contributed by atoms with Crippen molar-refractivity contribution in [1.29, 1.82) is 0 Å². The molecule has 1 amide bonds. The smallest absolute Gasteiger partial charge is 0.300 e. The Bertz CT molecular complexity index is 1330. The lowest BCUT2D eigenvalue weighted by Crippen LogP contribution is -2.30. The molecular formula is C26H22N2O6. The number of non-ortho nitro benzene ring substituents is 1. The number of anilines is 1. The van der Waals surface area contributed by atoms with Gasteiger partial charge < -0.3 is 9.84 Å². The van der Waals surface area contributed by atoms with Gasteiger partial charge in [-0.2, -0.15) is 0 Å². The highest BCUT2D eigenvalue weighted by molar-refractivity contribution is 6.51. The Hall–Kier alpha value is -4.46. The number of ketones is 1. The lowest BCUT2D eigenvalue weighted by Gasteiger charge is -2.27.